The topological polar surface area (TPSA) is 66.4 Å². The Labute approximate surface area is 121 Å². The Morgan fingerprint density at radius 1 is 1.20 bits per heavy atom. The predicted octanol–water partition coefficient (Wildman–Crippen LogP) is 1.66. The van der Waals surface area contributed by atoms with Crippen LogP contribution in [-0.4, -0.2) is 38.0 Å². The quantitative estimate of drug-likeness (QED) is 0.867. The van der Waals surface area contributed by atoms with Gasteiger partial charge in [-0.3, -0.25) is 0 Å². The molecule has 0 aromatic heterocycles. The lowest BCUT2D eigenvalue weighted by atomic mass is 9.95. The fourth-order valence-electron chi connectivity index (χ4n) is 2.85. The third-order valence-electron chi connectivity index (χ3n) is 3.97. The third-order valence-corrected chi connectivity index (χ3v) is 6.26. The zero-order chi connectivity index (χ0) is 14.6. The maximum absolute atomic E-state index is 12.8. The average molecular weight is 297 g/mol. The third kappa shape index (κ3) is 3.40. The Morgan fingerprint density at radius 3 is 2.50 bits per heavy atom. The summed E-state index contributed by atoms with van der Waals surface area (Å²) in [6.07, 6.45) is 3.55. The summed E-state index contributed by atoms with van der Waals surface area (Å²) in [4.78, 5) is 0.408. The fourth-order valence-corrected chi connectivity index (χ4v) is 4.86. The molecule has 0 aliphatic heterocycles. The van der Waals surface area contributed by atoms with E-state index < -0.39 is 9.84 Å². The zero-order valence-electron chi connectivity index (χ0n) is 11.9. The summed E-state index contributed by atoms with van der Waals surface area (Å²) in [5, 5.41) is 11.7. The second-order valence-electron chi connectivity index (χ2n) is 5.47. The van der Waals surface area contributed by atoms with Crippen LogP contribution < -0.4 is 5.32 Å². The van der Waals surface area contributed by atoms with Gasteiger partial charge < -0.3 is 10.4 Å². The maximum Gasteiger partial charge on any atom is 0.182 e. The number of sulfone groups is 1. The standard InChI is InChI=1S/C15H23NO3S/c1-12-6-8-13(9-7-12)20(18,19)15-5-3-2-4-14(15)16-10-11-17/h6-9,14-17H,2-5,10-11H2,1H3. The minimum absolute atomic E-state index is 0.0355. The van der Waals surface area contributed by atoms with Crippen molar-refractivity contribution in [2.75, 3.05) is 13.2 Å². The molecule has 4 nitrogen and oxygen atoms in total. The molecule has 1 aromatic carbocycles. The van der Waals surface area contributed by atoms with Gasteiger partial charge in [0, 0.05) is 12.6 Å². The highest BCUT2D eigenvalue weighted by molar-refractivity contribution is 7.92. The van der Waals surface area contributed by atoms with Crippen LogP contribution in [0, 0.1) is 6.92 Å². The van der Waals surface area contributed by atoms with Crippen LogP contribution in [0.3, 0.4) is 0 Å². The number of aliphatic hydroxyl groups is 1. The fraction of sp³-hybridized carbons (Fsp3) is 0.600. The molecule has 1 aliphatic rings. The number of rotatable bonds is 5. The Morgan fingerprint density at radius 2 is 1.85 bits per heavy atom. The molecule has 112 valence electrons. The molecule has 20 heavy (non-hydrogen) atoms. The minimum atomic E-state index is -3.30. The van der Waals surface area contributed by atoms with Crippen LogP contribution in [0.15, 0.2) is 29.2 Å². The van der Waals surface area contributed by atoms with E-state index in [4.69, 9.17) is 5.11 Å². The van der Waals surface area contributed by atoms with Gasteiger partial charge in [-0.05, 0) is 31.9 Å². The minimum Gasteiger partial charge on any atom is -0.395 e. The molecule has 0 amide bonds. The Hall–Kier alpha value is -0.910. The van der Waals surface area contributed by atoms with Gasteiger partial charge in [-0.25, -0.2) is 8.42 Å². The van der Waals surface area contributed by atoms with E-state index in [2.05, 4.69) is 5.32 Å². The van der Waals surface area contributed by atoms with Crippen molar-refractivity contribution in [3.8, 4) is 0 Å². The summed E-state index contributed by atoms with van der Waals surface area (Å²) in [5.41, 5.74) is 1.06. The van der Waals surface area contributed by atoms with Crippen molar-refractivity contribution in [3.05, 3.63) is 29.8 Å². The van der Waals surface area contributed by atoms with Crippen molar-refractivity contribution in [1.82, 2.24) is 5.32 Å². The second-order valence-corrected chi connectivity index (χ2v) is 7.63. The molecular weight excluding hydrogens is 274 g/mol. The molecular formula is C15H23NO3S. The molecule has 1 aromatic rings. The normalized spacial score (nSPS) is 23.7. The molecule has 1 aliphatic carbocycles. The van der Waals surface area contributed by atoms with Gasteiger partial charge in [0.1, 0.15) is 0 Å². The maximum atomic E-state index is 12.8. The van der Waals surface area contributed by atoms with Crippen molar-refractivity contribution in [2.45, 2.75) is 48.8 Å². The summed E-state index contributed by atoms with van der Waals surface area (Å²) >= 11 is 0. The van der Waals surface area contributed by atoms with Gasteiger partial charge in [-0.15, -0.1) is 0 Å². The predicted molar refractivity (Wildman–Crippen MR) is 79.5 cm³/mol. The van der Waals surface area contributed by atoms with Crippen LogP contribution in [0.4, 0.5) is 0 Å². The summed E-state index contributed by atoms with van der Waals surface area (Å²) < 4.78 is 25.5. The molecule has 0 spiro atoms. The zero-order valence-corrected chi connectivity index (χ0v) is 12.7. The summed E-state index contributed by atoms with van der Waals surface area (Å²) in [6, 6.07) is 7.02. The lowest BCUT2D eigenvalue weighted by molar-refractivity contribution is 0.272. The number of hydrogen-bond donors (Lipinski definition) is 2. The first-order valence-electron chi connectivity index (χ1n) is 7.20. The molecule has 2 unspecified atom stereocenters. The number of hydrogen-bond acceptors (Lipinski definition) is 4. The lowest BCUT2D eigenvalue weighted by Crippen LogP contribution is -2.47. The number of benzene rings is 1. The van der Waals surface area contributed by atoms with Gasteiger partial charge in [0.05, 0.1) is 16.8 Å². The molecule has 0 radical (unpaired) electrons. The largest absolute Gasteiger partial charge is 0.395 e. The van der Waals surface area contributed by atoms with E-state index in [1.54, 1.807) is 12.1 Å². The molecule has 2 N–H and O–H groups in total. The van der Waals surface area contributed by atoms with Gasteiger partial charge >= 0.3 is 0 Å². The Kier molecular flexibility index (Phi) is 5.18. The van der Waals surface area contributed by atoms with Crippen molar-refractivity contribution in [1.29, 1.82) is 0 Å². The van der Waals surface area contributed by atoms with E-state index >= 15 is 0 Å². The highest BCUT2D eigenvalue weighted by Gasteiger charge is 2.36. The molecule has 0 heterocycles. The summed E-state index contributed by atoms with van der Waals surface area (Å²) in [7, 11) is -3.30. The van der Waals surface area contributed by atoms with Crippen LogP contribution in [0.2, 0.25) is 0 Å². The van der Waals surface area contributed by atoms with Crippen molar-refractivity contribution < 1.29 is 13.5 Å². The van der Waals surface area contributed by atoms with Crippen LogP contribution >= 0.6 is 0 Å². The lowest BCUT2D eigenvalue weighted by Gasteiger charge is -2.32. The highest BCUT2D eigenvalue weighted by Crippen LogP contribution is 2.29. The second kappa shape index (κ2) is 6.70. The molecule has 5 heteroatoms. The van der Waals surface area contributed by atoms with E-state index in [1.807, 2.05) is 19.1 Å². The van der Waals surface area contributed by atoms with E-state index in [0.717, 1.165) is 24.8 Å². The molecule has 0 bridgehead atoms. The monoisotopic (exact) mass is 297 g/mol. The highest BCUT2D eigenvalue weighted by atomic mass is 32.2. The average Bonchev–Trinajstić information content (AvgIpc) is 2.46. The summed E-state index contributed by atoms with van der Waals surface area (Å²) in [5.74, 6) is 0. The SMILES string of the molecule is Cc1ccc(S(=O)(=O)C2CCCCC2NCCO)cc1. The smallest absolute Gasteiger partial charge is 0.182 e. The van der Waals surface area contributed by atoms with Gasteiger partial charge in [-0.1, -0.05) is 30.5 Å². The summed E-state index contributed by atoms with van der Waals surface area (Å²) in [6.45, 7) is 2.43. The van der Waals surface area contributed by atoms with Crippen LogP contribution in [0.5, 0.6) is 0 Å². The van der Waals surface area contributed by atoms with Crippen molar-refractivity contribution in [2.24, 2.45) is 0 Å². The van der Waals surface area contributed by atoms with Gasteiger partial charge in [0.25, 0.3) is 0 Å². The first-order valence-corrected chi connectivity index (χ1v) is 8.75. The van der Waals surface area contributed by atoms with Crippen LogP contribution in [-0.2, 0) is 9.84 Å². The molecule has 1 fully saturated rings. The Balaban J connectivity index is 2.23. The molecule has 1 saturated carbocycles. The van der Waals surface area contributed by atoms with Crippen LogP contribution in [0.1, 0.15) is 31.2 Å². The van der Waals surface area contributed by atoms with Crippen molar-refractivity contribution >= 4 is 9.84 Å². The van der Waals surface area contributed by atoms with Crippen molar-refractivity contribution in [3.63, 3.8) is 0 Å². The Bertz CT molecular complexity index is 525. The molecule has 0 saturated heterocycles. The molecule has 2 rings (SSSR count). The first-order chi connectivity index (χ1) is 9.55. The van der Waals surface area contributed by atoms with E-state index in [0.29, 0.717) is 17.9 Å². The first kappa shape index (κ1) is 15.5. The number of aliphatic hydroxyl groups excluding tert-OH is 1. The number of aryl methyl sites for hydroxylation is 1. The van der Waals surface area contributed by atoms with Gasteiger partial charge in [0.2, 0.25) is 0 Å². The number of nitrogens with one attached hydrogen (secondary N) is 1. The van der Waals surface area contributed by atoms with E-state index in [-0.39, 0.29) is 17.9 Å². The molecule has 2 atom stereocenters. The van der Waals surface area contributed by atoms with Crippen LogP contribution in [0.25, 0.3) is 0 Å². The van der Waals surface area contributed by atoms with Gasteiger partial charge in [-0.2, -0.15) is 0 Å². The van der Waals surface area contributed by atoms with Gasteiger partial charge in [0.15, 0.2) is 9.84 Å². The van der Waals surface area contributed by atoms with E-state index in [9.17, 15) is 8.42 Å². The van der Waals surface area contributed by atoms with E-state index in [1.165, 1.54) is 0 Å².